The minimum atomic E-state index is -0.923. The highest BCUT2D eigenvalue weighted by molar-refractivity contribution is 9.13. The quantitative estimate of drug-likeness (QED) is 0.273. The number of halogens is 2. The monoisotopic (exact) mass is 780 g/mol. The number of piperazine rings is 1. The standard InChI is InChI=1S/C36H42Br2N6O4/c1-40-18-20-41(21-19-40)26-10-14-42(15-11-26)34(45)32(23-24-6-8-29(37)30(38)22-24)48-36(47)43-16-12-27(13-17-43)44-31-9-7-25-4-2-3-5-28(25)33(31)39-35(44)46/h2-9,22,26-27,32H,10-21,23H2,1H3,(H,39,46)/t32-/m1/s1. The number of likely N-dealkylation sites (tertiary alicyclic amines) is 2. The van der Waals surface area contributed by atoms with E-state index < -0.39 is 12.2 Å². The van der Waals surface area contributed by atoms with Gasteiger partial charge in [0.15, 0.2) is 6.10 Å². The fourth-order valence-electron chi connectivity index (χ4n) is 7.64. The number of imidazole rings is 1. The molecule has 2 amide bonds. The van der Waals surface area contributed by atoms with E-state index in [4.69, 9.17) is 4.74 Å². The van der Waals surface area contributed by atoms with Crippen molar-refractivity contribution in [2.45, 2.75) is 50.3 Å². The molecule has 12 heteroatoms. The first-order valence-corrected chi connectivity index (χ1v) is 18.6. The molecule has 3 aliphatic rings. The van der Waals surface area contributed by atoms with Crippen LogP contribution in [0.2, 0.25) is 0 Å². The van der Waals surface area contributed by atoms with Crippen LogP contribution in [-0.2, 0) is 16.0 Å². The fourth-order valence-corrected chi connectivity index (χ4v) is 8.31. The van der Waals surface area contributed by atoms with Crippen molar-refractivity contribution in [2.24, 2.45) is 0 Å². The molecule has 4 aromatic rings. The Hall–Kier alpha value is -3.19. The molecule has 0 aliphatic carbocycles. The molecule has 3 aromatic carbocycles. The number of carbonyl (C=O) groups is 2. The SMILES string of the molecule is CN1CCN(C2CCN(C(=O)[C@@H](Cc3ccc(Br)c(Br)c3)OC(=O)N3CCC(n4c(=O)[nH]c5c6ccccc6ccc54)CC3)CC2)CC1. The van der Waals surface area contributed by atoms with Gasteiger partial charge in [0.05, 0.1) is 11.0 Å². The molecule has 3 saturated heterocycles. The molecule has 10 nitrogen and oxygen atoms in total. The van der Waals surface area contributed by atoms with E-state index >= 15 is 0 Å². The molecule has 0 unspecified atom stereocenters. The Labute approximate surface area is 297 Å². The van der Waals surface area contributed by atoms with Crippen molar-refractivity contribution >= 4 is 65.7 Å². The lowest BCUT2D eigenvalue weighted by Gasteiger charge is -2.42. The minimum absolute atomic E-state index is 0.0457. The summed E-state index contributed by atoms with van der Waals surface area (Å²) in [5, 5.41) is 2.10. The zero-order valence-electron chi connectivity index (χ0n) is 27.2. The molecule has 1 atom stereocenters. The topological polar surface area (TPSA) is 94.1 Å². The number of carbonyl (C=O) groups excluding carboxylic acids is 2. The highest BCUT2D eigenvalue weighted by Crippen LogP contribution is 2.30. The molecule has 0 bridgehead atoms. The molecule has 1 N–H and O–H groups in total. The van der Waals surface area contributed by atoms with Crippen LogP contribution in [0.1, 0.15) is 37.3 Å². The predicted molar refractivity (Wildman–Crippen MR) is 194 cm³/mol. The first kappa shape index (κ1) is 33.3. The van der Waals surface area contributed by atoms with E-state index in [0.717, 1.165) is 75.3 Å². The summed E-state index contributed by atoms with van der Waals surface area (Å²) in [4.78, 5) is 52.4. The number of benzene rings is 3. The smallest absolute Gasteiger partial charge is 0.410 e. The third kappa shape index (κ3) is 6.94. The van der Waals surface area contributed by atoms with E-state index in [1.807, 2.05) is 64.1 Å². The zero-order valence-corrected chi connectivity index (χ0v) is 30.4. The van der Waals surface area contributed by atoms with Crippen molar-refractivity contribution in [3.63, 3.8) is 0 Å². The molecule has 0 radical (unpaired) electrons. The maximum absolute atomic E-state index is 14.0. The third-order valence-corrected chi connectivity index (χ3v) is 12.3. The van der Waals surface area contributed by atoms with Gasteiger partial charge in [0, 0.05) is 85.2 Å². The number of ether oxygens (including phenoxy) is 1. The normalized spacial score (nSPS) is 19.6. The third-order valence-electron chi connectivity index (χ3n) is 10.5. The van der Waals surface area contributed by atoms with E-state index in [2.05, 4.69) is 53.7 Å². The second-order valence-corrected chi connectivity index (χ2v) is 15.1. The van der Waals surface area contributed by atoms with Crippen molar-refractivity contribution in [1.82, 2.24) is 29.2 Å². The van der Waals surface area contributed by atoms with Crippen LogP contribution in [0.3, 0.4) is 0 Å². The van der Waals surface area contributed by atoms with Crippen LogP contribution >= 0.6 is 31.9 Å². The lowest BCUT2D eigenvalue weighted by molar-refractivity contribution is -0.142. The molecular formula is C36H42Br2N6O4. The second-order valence-electron chi connectivity index (χ2n) is 13.4. The van der Waals surface area contributed by atoms with Gasteiger partial charge in [0.1, 0.15) is 0 Å². The second kappa shape index (κ2) is 14.3. The van der Waals surface area contributed by atoms with Gasteiger partial charge >= 0.3 is 11.8 Å². The largest absolute Gasteiger partial charge is 0.436 e. The van der Waals surface area contributed by atoms with Crippen LogP contribution in [0.4, 0.5) is 4.79 Å². The minimum Gasteiger partial charge on any atom is -0.436 e. The Morgan fingerprint density at radius 2 is 1.52 bits per heavy atom. The van der Waals surface area contributed by atoms with E-state index in [-0.39, 0.29) is 17.6 Å². The van der Waals surface area contributed by atoms with E-state index in [9.17, 15) is 14.4 Å². The number of nitrogens with zero attached hydrogens (tertiary/aromatic N) is 5. The Kier molecular flexibility index (Phi) is 9.96. The van der Waals surface area contributed by atoms with Crippen molar-refractivity contribution in [1.29, 1.82) is 0 Å². The van der Waals surface area contributed by atoms with Gasteiger partial charge in [-0.2, -0.15) is 0 Å². The average molecular weight is 783 g/mol. The molecule has 4 heterocycles. The van der Waals surface area contributed by atoms with Crippen molar-refractivity contribution < 1.29 is 14.3 Å². The Morgan fingerprint density at radius 3 is 2.25 bits per heavy atom. The molecule has 7 rings (SSSR count). The maximum Gasteiger partial charge on any atom is 0.410 e. The lowest BCUT2D eigenvalue weighted by Crippen LogP contribution is -2.54. The highest BCUT2D eigenvalue weighted by atomic mass is 79.9. The summed E-state index contributed by atoms with van der Waals surface area (Å²) in [5.74, 6) is -0.133. The van der Waals surface area contributed by atoms with Gasteiger partial charge in [-0.25, -0.2) is 9.59 Å². The average Bonchev–Trinajstić information content (AvgIpc) is 3.46. The number of hydrogen-bond acceptors (Lipinski definition) is 6. The van der Waals surface area contributed by atoms with Crippen LogP contribution in [-0.4, -0.2) is 113 Å². The van der Waals surface area contributed by atoms with Crippen LogP contribution in [0.25, 0.3) is 21.8 Å². The van der Waals surface area contributed by atoms with Crippen LogP contribution in [0.15, 0.2) is 68.3 Å². The molecule has 0 spiro atoms. The number of likely N-dealkylation sites (N-methyl/N-ethyl adjacent to an activating group) is 1. The Balaban J connectivity index is 1.02. The zero-order chi connectivity index (χ0) is 33.4. The van der Waals surface area contributed by atoms with Crippen molar-refractivity contribution in [3.05, 3.63) is 79.6 Å². The number of piperidine rings is 2. The van der Waals surface area contributed by atoms with Gasteiger partial charge in [-0.15, -0.1) is 0 Å². The number of amides is 2. The number of nitrogens with one attached hydrogen (secondary N) is 1. The Bertz CT molecular complexity index is 1850. The number of rotatable bonds is 6. The number of fused-ring (bicyclic) bond motifs is 3. The fraction of sp³-hybridized carbons (Fsp3) is 0.472. The summed E-state index contributed by atoms with van der Waals surface area (Å²) in [7, 11) is 2.17. The van der Waals surface area contributed by atoms with Crippen molar-refractivity contribution in [3.8, 4) is 0 Å². The first-order valence-electron chi connectivity index (χ1n) is 17.0. The molecule has 48 heavy (non-hydrogen) atoms. The number of aromatic nitrogens is 2. The number of hydrogen-bond donors (Lipinski definition) is 1. The summed E-state index contributed by atoms with van der Waals surface area (Å²) >= 11 is 7.10. The van der Waals surface area contributed by atoms with Crippen LogP contribution in [0.5, 0.6) is 0 Å². The van der Waals surface area contributed by atoms with E-state index in [1.54, 1.807) is 4.90 Å². The summed E-state index contributed by atoms with van der Waals surface area (Å²) in [6, 6.07) is 18.4. The highest BCUT2D eigenvalue weighted by Gasteiger charge is 2.35. The predicted octanol–water partition coefficient (Wildman–Crippen LogP) is 5.63. The number of H-pyrrole nitrogens is 1. The van der Waals surface area contributed by atoms with Gasteiger partial charge in [0.2, 0.25) is 0 Å². The van der Waals surface area contributed by atoms with Gasteiger partial charge in [0.25, 0.3) is 5.91 Å². The van der Waals surface area contributed by atoms with Gasteiger partial charge in [-0.1, -0.05) is 36.4 Å². The Morgan fingerprint density at radius 1 is 0.833 bits per heavy atom. The van der Waals surface area contributed by atoms with Crippen molar-refractivity contribution in [2.75, 3.05) is 59.4 Å². The molecule has 3 fully saturated rings. The molecule has 254 valence electrons. The molecular weight excluding hydrogens is 740 g/mol. The van der Waals surface area contributed by atoms with Gasteiger partial charge in [-0.05, 0) is 93.7 Å². The maximum atomic E-state index is 14.0. The summed E-state index contributed by atoms with van der Waals surface area (Å²) in [6.45, 7) is 6.49. The van der Waals surface area contributed by atoms with Gasteiger partial charge < -0.3 is 24.4 Å². The van der Waals surface area contributed by atoms with E-state index in [0.29, 0.717) is 51.5 Å². The van der Waals surface area contributed by atoms with Crippen LogP contribution < -0.4 is 5.69 Å². The lowest BCUT2D eigenvalue weighted by atomic mass is 10.0. The molecule has 1 aromatic heterocycles. The summed E-state index contributed by atoms with van der Waals surface area (Å²) in [5.41, 5.74) is 2.49. The molecule has 0 saturated carbocycles. The molecule has 3 aliphatic heterocycles. The van der Waals surface area contributed by atoms with Gasteiger partial charge in [-0.3, -0.25) is 14.3 Å². The van der Waals surface area contributed by atoms with E-state index in [1.165, 1.54) is 0 Å². The summed E-state index contributed by atoms with van der Waals surface area (Å²) < 4.78 is 9.72. The van der Waals surface area contributed by atoms with Crippen LogP contribution in [0, 0.1) is 0 Å². The summed E-state index contributed by atoms with van der Waals surface area (Å²) in [6.07, 6.45) is 1.98. The first-order chi connectivity index (χ1) is 23.2. The number of aromatic amines is 1.